The minimum absolute atomic E-state index is 0.00930. The van der Waals surface area contributed by atoms with Gasteiger partial charge < -0.3 is 10.6 Å². The molecule has 0 bridgehead atoms. The van der Waals surface area contributed by atoms with Crippen LogP contribution < -0.4 is 15.2 Å². The van der Waals surface area contributed by atoms with Crippen LogP contribution in [0.3, 0.4) is 0 Å². The average Bonchev–Trinajstić information content (AvgIpc) is 3.15. The first kappa shape index (κ1) is 40.8. The molecule has 7 aromatic rings. The second-order valence-corrected chi connectivity index (χ2v) is 18.1. The Morgan fingerprint density at radius 1 is 0.576 bits per heavy atom. The summed E-state index contributed by atoms with van der Waals surface area (Å²) in [7, 11) is -19.4. The van der Waals surface area contributed by atoms with Gasteiger partial charge in [-0.05, 0) is 83.1 Å². The van der Waals surface area contributed by atoms with Gasteiger partial charge in [0, 0.05) is 27.2 Å². The van der Waals surface area contributed by atoms with Crippen molar-refractivity contribution in [2.75, 3.05) is 10.6 Å². The molecule has 7 rings (SSSR count). The molecule has 0 aliphatic carbocycles. The molecule has 0 aliphatic heterocycles. The summed E-state index contributed by atoms with van der Waals surface area (Å²) < 4.78 is 139. The van der Waals surface area contributed by atoms with E-state index in [9.17, 15) is 51.9 Å². The second kappa shape index (κ2) is 15.1. The van der Waals surface area contributed by atoms with E-state index in [4.69, 9.17) is 0 Å². The molecule has 0 atom stereocenters. The number of hydrogen-bond donors (Lipinski definition) is 6. The molecular formula is C35H27N8O12S4+. The molecule has 2 aromatic heterocycles. The van der Waals surface area contributed by atoms with Gasteiger partial charge in [-0.2, -0.15) is 38.8 Å². The summed E-state index contributed by atoms with van der Waals surface area (Å²) in [5, 5.41) is 13.4. The molecule has 59 heavy (non-hydrogen) atoms. The lowest BCUT2D eigenvalue weighted by molar-refractivity contribution is -0.603. The minimum Gasteiger partial charge on any atom is -0.310 e. The van der Waals surface area contributed by atoms with Crippen molar-refractivity contribution >= 4 is 96.7 Å². The summed E-state index contributed by atoms with van der Waals surface area (Å²) in [5.41, 5.74) is 0.658. The molecular weight excluding hydrogens is 853 g/mol. The Bertz CT molecular complexity index is 3370. The first-order valence-electron chi connectivity index (χ1n) is 16.5. The summed E-state index contributed by atoms with van der Waals surface area (Å²) >= 11 is 0. The Balaban J connectivity index is 1.37. The largest absolute Gasteiger partial charge is 0.444 e. The Kier molecular flexibility index (Phi) is 10.4. The van der Waals surface area contributed by atoms with E-state index in [1.165, 1.54) is 48.5 Å². The van der Waals surface area contributed by atoms with Crippen LogP contribution in [0.5, 0.6) is 0 Å². The van der Waals surface area contributed by atoms with E-state index in [2.05, 4.69) is 35.8 Å². The highest BCUT2D eigenvalue weighted by Gasteiger charge is 2.24. The molecule has 0 saturated heterocycles. The molecule has 24 heteroatoms. The van der Waals surface area contributed by atoms with Gasteiger partial charge in [0.25, 0.3) is 40.5 Å². The van der Waals surface area contributed by atoms with E-state index >= 15 is 0 Å². The highest BCUT2D eigenvalue weighted by Crippen LogP contribution is 2.39. The number of aromatic nitrogens is 4. The van der Waals surface area contributed by atoms with Crippen LogP contribution in [0.2, 0.25) is 0 Å². The SMILES string of the molecule is Cc1ccc[n+](-c2nc(Nc3cccc(S(=O)(=O)O)c3)nc(Nc3ccc(N=Nc4cc(S(=O)(=O)O)c5cccc(S(=O)(=O)O)c5c4)c4cccc(S(=O)(=O)O)c34)n2)c1. The van der Waals surface area contributed by atoms with Crippen molar-refractivity contribution in [3.8, 4) is 5.95 Å². The zero-order chi connectivity index (χ0) is 42.5. The first-order chi connectivity index (χ1) is 27.6. The van der Waals surface area contributed by atoms with Gasteiger partial charge in [0.15, 0.2) is 0 Å². The normalized spacial score (nSPS) is 12.6. The van der Waals surface area contributed by atoms with Crippen LogP contribution in [-0.4, -0.2) is 66.8 Å². The van der Waals surface area contributed by atoms with Gasteiger partial charge in [0.2, 0.25) is 0 Å². The number of fused-ring (bicyclic) bond motifs is 2. The van der Waals surface area contributed by atoms with Crippen LogP contribution in [-0.2, 0) is 40.5 Å². The number of anilines is 4. The third-order valence-corrected chi connectivity index (χ3v) is 12.0. The van der Waals surface area contributed by atoms with Gasteiger partial charge in [0.05, 0.1) is 34.4 Å². The van der Waals surface area contributed by atoms with Crippen molar-refractivity contribution in [1.82, 2.24) is 15.0 Å². The van der Waals surface area contributed by atoms with Crippen LogP contribution in [0, 0.1) is 6.92 Å². The van der Waals surface area contributed by atoms with E-state index in [1.807, 2.05) is 13.0 Å². The second-order valence-electron chi connectivity index (χ2n) is 12.6. The van der Waals surface area contributed by atoms with Gasteiger partial charge in [-0.1, -0.05) is 36.4 Å². The van der Waals surface area contributed by atoms with E-state index in [0.29, 0.717) is 0 Å². The smallest absolute Gasteiger partial charge is 0.310 e. The molecule has 0 spiro atoms. The van der Waals surface area contributed by atoms with Crippen LogP contribution in [0.25, 0.3) is 27.5 Å². The molecule has 0 unspecified atom stereocenters. The van der Waals surface area contributed by atoms with Crippen LogP contribution >= 0.6 is 0 Å². The lowest BCUT2D eigenvalue weighted by Gasteiger charge is -2.13. The third-order valence-electron chi connectivity index (χ3n) is 8.43. The number of rotatable bonds is 11. The standard InChI is InChI=1S/C35H26N8O12S4/c1-20-6-5-15-43(19-20)35-39-33(36-21-7-2-8-23(16-21)56(44,45)46)38-34(40-35)37-28-14-13-27(25-10-4-12-30(32(25)28)58(50,51)52)42-41-22-17-26-24(31(18-22)59(53,54)55)9-3-11-29(26)57(47,48)49/h2-19H,1H3,(H5-,36,37,38,39,40,44,45,46,47,48,49,50,51,52,53,54,55)/p+1. The van der Waals surface area contributed by atoms with Crippen molar-refractivity contribution in [2.45, 2.75) is 26.5 Å². The number of hydrogen-bond acceptors (Lipinski definition) is 15. The maximum Gasteiger partial charge on any atom is 0.444 e. The Morgan fingerprint density at radius 3 is 1.88 bits per heavy atom. The monoisotopic (exact) mass is 879 g/mol. The number of pyridine rings is 1. The zero-order valence-electron chi connectivity index (χ0n) is 29.8. The summed E-state index contributed by atoms with van der Waals surface area (Å²) in [6.07, 6.45) is 3.34. The number of azo groups is 1. The molecule has 0 saturated carbocycles. The molecule has 0 aliphatic rings. The predicted molar refractivity (Wildman–Crippen MR) is 210 cm³/mol. The number of benzene rings is 5. The van der Waals surface area contributed by atoms with Gasteiger partial charge in [-0.3, -0.25) is 18.2 Å². The summed E-state index contributed by atoms with van der Waals surface area (Å²) in [5.74, 6) is -0.261. The Labute approximate surface area is 335 Å². The van der Waals surface area contributed by atoms with Gasteiger partial charge >= 0.3 is 17.8 Å². The molecule has 6 N–H and O–H groups in total. The van der Waals surface area contributed by atoms with Gasteiger partial charge in [-0.25, -0.2) is 4.57 Å². The lowest BCUT2D eigenvalue weighted by atomic mass is 10.1. The maximum atomic E-state index is 12.7. The van der Waals surface area contributed by atoms with E-state index in [0.717, 1.165) is 42.0 Å². The topological polar surface area (TPSA) is 309 Å². The van der Waals surface area contributed by atoms with Crippen molar-refractivity contribution in [2.24, 2.45) is 10.2 Å². The lowest BCUT2D eigenvalue weighted by Crippen LogP contribution is -2.33. The molecule has 2 heterocycles. The first-order valence-corrected chi connectivity index (χ1v) is 22.2. The molecule has 302 valence electrons. The van der Waals surface area contributed by atoms with Crippen molar-refractivity contribution < 1.29 is 56.4 Å². The minimum atomic E-state index is -4.98. The number of nitrogens with one attached hydrogen (secondary N) is 2. The van der Waals surface area contributed by atoms with E-state index < -0.39 is 60.1 Å². The quantitative estimate of drug-likeness (QED) is 0.0519. The fraction of sp³-hybridized carbons (Fsp3) is 0.0286. The van der Waals surface area contributed by atoms with Crippen molar-refractivity contribution in [3.63, 3.8) is 0 Å². The summed E-state index contributed by atoms with van der Waals surface area (Å²) in [6.45, 7) is 1.82. The Morgan fingerprint density at radius 2 is 1.22 bits per heavy atom. The van der Waals surface area contributed by atoms with Gasteiger partial charge in [-0.15, -0.1) is 10.1 Å². The van der Waals surface area contributed by atoms with Crippen LogP contribution in [0.15, 0.2) is 139 Å². The van der Waals surface area contributed by atoms with Crippen molar-refractivity contribution in [3.05, 3.63) is 115 Å². The third kappa shape index (κ3) is 8.88. The van der Waals surface area contributed by atoms with E-state index in [-0.39, 0.29) is 62.1 Å². The van der Waals surface area contributed by atoms with E-state index in [1.54, 1.807) is 23.0 Å². The maximum absolute atomic E-state index is 12.7. The summed E-state index contributed by atoms with van der Waals surface area (Å²) in [4.78, 5) is 10.9. The number of aryl methyl sites for hydroxylation is 1. The van der Waals surface area contributed by atoms with Crippen LogP contribution in [0.4, 0.5) is 34.6 Å². The number of nitrogens with zero attached hydrogens (tertiary/aromatic N) is 6. The molecule has 20 nitrogen and oxygen atoms in total. The average molecular weight is 880 g/mol. The molecule has 0 radical (unpaired) electrons. The Hall–Kier alpha value is -6.38. The fourth-order valence-electron chi connectivity index (χ4n) is 5.97. The highest BCUT2D eigenvalue weighted by molar-refractivity contribution is 7.87. The predicted octanol–water partition coefficient (Wildman–Crippen LogP) is 5.65. The summed E-state index contributed by atoms with van der Waals surface area (Å²) in [6, 6.07) is 20.7. The van der Waals surface area contributed by atoms with Crippen LogP contribution in [0.1, 0.15) is 5.56 Å². The molecule has 0 amide bonds. The van der Waals surface area contributed by atoms with Gasteiger partial charge in [0.1, 0.15) is 14.7 Å². The van der Waals surface area contributed by atoms with Crippen molar-refractivity contribution in [1.29, 1.82) is 0 Å². The highest BCUT2D eigenvalue weighted by atomic mass is 32.2. The molecule has 0 fully saturated rings. The zero-order valence-corrected chi connectivity index (χ0v) is 33.0. The fourth-order valence-corrected chi connectivity index (χ4v) is 8.65. The molecule has 5 aromatic carbocycles.